The molecule has 2 aromatic rings. The number of alkyl halides is 3. The third kappa shape index (κ3) is 6.49. The molecule has 5 nitrogen and oxygen atoms in total. The zero-order valence-corrected chi connectivity index (χ0v) is 19.8. The van der Waals surface area contributed by atoms with E-state index in [1.165, 1.54) is 37.3 Å². The number of benzene rings is 2. The van der Waals surface area contributed by atoms with Crippen LogP contribution >= 0.6 is 11.6 Å². The Labute approximate surface area is 196 Å². The van der Waals surface area contributed by atoms with Crippen LogP contribution in [0.2, 0.25) is 5.02 Å². The standard InChI is InChI=1S/C23H26ClF3N2O3S/c1-2-33(31,32)21-9-8-19(24)12-18(21)14-28-22(30)16-6-7-17(20(13-16)23(25,26)27)15-29-10-4-3-5-11-29/h6-9,12-13H,2-5,10-11,14-15H2,1H3,(H,28,30). The molecule has 0 unspecified atom stereocenters. The molecule has 2 aromatic carbocycles. The fourth-order valence-corrected chi connectivity index (χ4v) is 5.21. The summed E-state index contributed by atoms with van der Waals surface area (Å²) in [6.45, 7) is 2.99. The lowest BCUT2D eigenvalue weighted by molar-refractivity contribution is -0.138. The molecule has 0 spiro atoms. The van der Waals surface area contributed by atoms with Crippen molar-refractivity contribution in [1.29, 1.82) is 0 Å². The molecule has 0 atom stereocenters. The zero-order valence-electron chi connectivity index (χ0n) is 18.2. The maximum absolute atomic E-state index is 13.7. The maximum Gasteiger partial charge on any atom is 0.416 e. The highest BCUT2D eigenvalue weighted by Crippen LogP contribution is 2.34. The summed E-state index contributed by atoms with van der Waals surface area (Å²) in [7, 11) is -3.57. The summed E-state index contributed by atoms with van der Waals surface area (Å²) >= 11 is 5.97. The first-order valence-electron chi connectivity index (χ1n) is 10.7. The Balaban J connectivity index is 1.81. The highest BCUT2D eigenvalue weighted by atomic mass is 35.5. The normalized spacial score (nSPS) is 15.4. The first-order chi connectivity index (χ1) is 15.5. The van der Waals surface area contributed by atoms with Gasteiger partial charge in [-0.1, -0.05) is 31.0 Å². The number of rotatable bonds is 7. The lowest BCUT2D eigenvalue weighted by atomic mass is 10.0. The molecule has 1 amide bonds. The van der Waals surface area contributed by atoms with Gasteiger partial charge in [0, 0.05) is 23.7 Å². The van der Waals surface area contributed by atoms with E-state index in [9.17, 15) is 26.4 Å². The van der Waals surface area contributed by atoms with E-state index in [0.717, 1.165) is 38.4 Å². The summed E-state index contributed by atoms with van der Waals surface area (Å²) in [5, 5.41) is 2.81. The minimum absolute atomic E-state index is 0.0301. The molecule has 1 aliphatic heterocycles. The Morgan fingerprint density at radius 1 is 1.06 bits per heavy atom. The van der Waals surface area contributed by atoms with Crippen molar-refractivity contribution in [2.24, 2.45) is 0 Å². The first kappa shape index (κ1) is 25.5. The Morgan fingerprint density at radius 3 is 2.39 bits per heavy atom. The van der Waals surface area contributed by atoms with Gasteiger partial charge < -0.3 is 5.32 Å². The molecule has 1 aliphatic rings. The predicted molar refractivity (Wildman–Crippen MR) is 121 cm³/mol. The Kier molecular flexibility index (Phi) is 8.08. The van der Waals surface area contributed by atoms with Crippen LogP contribution in [0.15, 0.2) is 41.3 Å². The number of hydrogen-bond acceptors (Lipinski definition) is 4. The van der Waals surface area contributed by atoms with Gasteiger partial charge in [-0.3, -0.25) is 9.69 Å². The van der Waals surface area contributed by atoms with Gasteiger partial charge in [0.15, 0.2) is 9.84 Å². The largest absolute Gasteiger partial charge is 0.416 e. The summed E-state index contributed by atoms with van der Waals surface area (Å²) in [5.74, 6) is -0.868. The molecule has 33 heavy (non-hydrogen) atoms. The zero-order chi connectivity index (χ0) is 24.2. The molecule has 0 aliphatic carbocycles. The van der Waals surface area contributed by atoms with E-state index in [4.69, 9.17) is 11.6 Å². The molecule has 1 N–H and O–H groups in total. The predicted octanol–water partition coefficient (Wildman–Crippen LogP) is 5.07. The van der Waals surface area contributed by atoms with Crippen LogP contribution in [0.5, 0.6) is 0 Å². The second-order valence-electron chi connectivity index (χ2n) is 8.04. The van der Waals surface area contributed by atoms with Crippen molar-refractivity contribution in [3.63, 3.8) is 0 Å². The highest BCUT2D eigenvalue weighted by molar-refractivity contribution is 7.91. The lowest BCUT2D eigenvalue weighted by Gasteiger charge is -2.27. The Hall–Kier alpha value is -2.10. The fraction of sp³-hybridized carbons (Fsp3) is 0.435. The maximum atomic E-state index is 13.7. The molecular formula is C23H26ClF3N2O3S. The number of amides is 1. The molecule has 0 radical (unpaired) electrons. The molecular weight excluding hydrogens is 477 g/mol. The summed E-state index contributed by atoms with van der Waals surface area (Å²) < 4.78 is 65.8. The van der Waals surface area contributed by atoms with Crippen molar-refractivity contribution in [2.45, 2.75) is 50.3 Å². The molecule has 0 saturated carbocycles. The van der Waals surface area contributed by atoms with Crippen molar-refractivity contribution in [1.82, 2.24) is 10.2 Å². The van der Waals surface area contributed by atoms with Crippen LogP contribution in [0.4, 0.5) is 13.2 Å². The van der Waals surface area contributed by atoms with E-state index >= 15 is 0 Å². The molecule has 10 heteroatoms. The summed E-state index contributed by atoms with van der Waals surface area (Å²) in [6, 6.07) is 7.79. The van der Waals surface area contributed by atoms with E-state index in [-0.39, 0.29) is 45.5 Å². The van der Waals surface area contributed by atoms with Crippen molar-refractivity contribution in [2.75, 3.05) is 18.8 Å². The smallest absolute Gasteiger partial charge is 0.348 e. The first-order valence-corrected chi connectivity index (χ1v) is 12.8. The number of carbonyl (C=O) groups is 1. The minimum Gasteiger partial charge on any atom is -0.348 e. The molecule has 180 valence electrons. The van der Waals surface area contributed by atoms with Crippen LogP contribution in [0, 0.1) is 0 Å². The lowest BCUT2D eigenvalue weighted by Crippen LogP contribution is -2.30. The summed E-state index contributed by atoms with van der Waals surface area (Å²) in [5.41, 5.74) is -0.577. The van der Waals surface area contributed by atoms with E-state index in [2.05, 4.69) is 5.32 Å². The molecule has 1 fully saturated rings. The molecule has 1 heterocycles. The number of halogens is 4. The number of hydrogen-bond donors (Lipinski definition) is 1. The van der Waals surface area contributed by atoms with Gasteiger partial charge in [-0.2, -0.15) is 13.2 Å². The monoisotopic (exact) mass is 502 g/mol. The average Bonchev–Trinajstić information content (AvgIpc) is 2.77. The van der Waals surface area contributed by atoms with Crippen molar-refractivity contribution in [3.8, 4) is 0 Å². The van der Waals surface area contributed by atoms with Gasteiger partial charge in [-0.15, -0.1) is 0 Å². The number of carbonyl (C=O) groups excluding carboxylic acids is 1. The van der Waals surface area contributed by atoms with Gasteiger partial charge in [0.25, 0.3) is 5.91 Å². The number of nitrogens with one attached hydrogen (secondary N) is 1. The van der Waals surface area contributed by atoms with Crippen molar-refractivity contribution in [3.05, 3.63) is 63.7 Å². The number of sulfone groups is 1. The Morgan fingerprint density at radius 2 is 1.76 bits per heavy atom. The number of likely N-dealkylation sites (tertiary alicyclic amines) is 1. The van der Waals surface area contributed by atoms with Crippen molar-refractivity contribution >= 4 is 27.3 Å². The van der Waals surface area contributed by atoms with Gasteiger partial charge >= 0.3 is 6.18 Å². The van der Waals surface area contributed by atoms with Gasteiger partial charge in [0.1, 0.15) is 0 Å². The quantitative estimate of drug-likeness (QED) is 0.574. The summed E-state index contributed by atoms with van der Waals surface area (Å²) in [6.07, 6.45) is -1.60. The van der Waals surface area contributed by atoms with E-state index in [1.807, 2.05) is 4.90 Å². The second-order valence-corrected chi connectivity index (χ2v) is 10.7. The van der Waals surface area contributed by atoms with Crippen LogP contribution in [-0.2, 0) is 29.1 Å². The van der Waals surface area contributed by atoms with E-state index < -0.39 is 27.5 Å². The fourth-order valence-electron chi connectivity index (χ4n) is 3.90. The van der Waals surface area contributed by atoms with Crippen LogP contribution in [0.3, 0.4) is 0 Å². The number of nitrogens with zero attached hydrogens (tertiary/aromatic N) is 1. The van der Waals surface area contributed by atoms with Crippen LogP contribution in [0.1, 0.15) is 53.2 Å². The van der Waals surface area contributed by atoms with E-state index in [0.29, 0.717) is 0 Å². The highest BCUT2D eigenvalue weighted by Gasteiger charge is 2.34. The third-order valence-corrected chi connectivity index (χ3v) is 7.76. The molecule has 0 aromatic heterocycles. The third-order valence-electron chi connectivity index (χ3n) is 5.70. The molecule has 1 saturated heterocycles. The van der Waals surface area contributed by atoms with Crippen LogP contribution in [-0.4, -0.2) is 38.1 Å². The van der Waals surface area contributed by atoms with Crippen LogP contribution in [0.25, 0.3) is 0 Å². The SMILES string of the molecule is CCS(=O)(=O)c1ccc(Cl)cc1CNC(=O)c1ccc(CN2CCCCC2)c(C(F)(F)F)c1. The average molecular weight is 503 g/mol. The summed E-state index contributed by atoms with van der Waals surface area (Å²) in [4.78, 5) is 14.7. The van der Waals surface area contributed by atoms with Gasteiger partial charge in [-0.25, -0.2) is 8.42 Å². The number of piperidine rings is 1. The van der Waals surface area contributed by atoms with Gasteiger partial charge in [-0.05, 0) is 67.4 Å². The van der Waals surface area contributed by atoms with E-state index in [1.54, 1.807) is 0 Å². The van der Waals surface area contributed by atoms with Gasteiger partial charge in [0.05, 0.1) is 16.2 Å². The minimum atomic E-state index is -4.60. The topological polar surface area (TPSA) is 66.5 Å². The van der Waals surface area contributed by atoms with Gasteiger partial charge in [0.2, 0.25) is 0 Å². The second kappa shape index (κ2) is 10.4. The molecule has 3 rings (SSSR count). The molecule has 0 bridgehead atoms. The van der Waals surface area contributed by atoms with Crippen LogP contribution < -0.4 is 5.32 Å². The van der Waals surface area contributed by atoms with Crippen molar-refractivity contribution < 1.29 is 26.4 Å². The Bertz CT molecular complexity index is 1110.